The van der Waals surface area contributed by atoms with Crippen LogP contribution in [0.5, 0.6) is 0 Å². The van der Waals surface area contributed by atoms with Gasteiger partial charge in [0.25, 0.3) is 0 Å². The van der Waals surface area contributed by atoms with Gasteiger partial charge >= 0.3 is 0 Å². The Kier molecular flexibility index (Phi) is 4.81. The fourth-order valence-electron chi connectivity index (χ4n) is 2.45. The molecule has 24 heavy (non-hydrogen) atoms. The van der Waals surface area contributed by atoms with Crippen molar-refractivity contribution in [3.8, 4) is 0 Å². The Morgan fingerprint density at radius 3 is 2.50 bits per heavy atom. The smallest absolute Gasteiger partial charge is 0.244 e. The molecule has 1 atom stereocenters. The highest BCUT2D eigenvalue weighted by Gasteiger charge is 2.15. The monoisotopic (exact) mass is 318 g/mol. The fourth-order valence-corrected chi connectivity index (χ4v) is 2.45. The molecule has 3 aromatic rings. The lowest BCUT2D eigenvalue weighted by Crippen LogP contribution is -2.27. The van der Waals surface area contributed by atoms with Crippen LogP contribution in [0.1, 0.15) is 22.7 Å². The molecule has 0 bridgehead atoms. The molecule has 0 saturated heterocycles. The molecule has 0 saturated carbocycles. The van der Waals surface area contributed by atoms with Crippen molar-refractivity contribution in [3.63, 3.8) is 0 Å². The zero-order valence-corrected chi connectivity index (χ0v) is 13.3. The topological polar surface area (TPSA) is 59.8 Å². The zero-order chi connectivity index (χ0) is 16.8. The number of nitrogens with zero attached hydrogens (tertiary/aromatic N) is 3. The first-order valence-electron chi connectivity index (χ1n) is 7.64. The summed E-state index contributed by atoms with van der Waals surface area (Å²) in [4.78, 5) is 16.4. The van der Waals surface area contributed by atoms with E-state index in [9.17, 15) is 4.79 Å². The van der Waals surface area contributed by atoms with Crippen molar-refractivity contribution in [3.05, 3.63) is 90.0 Å². The minimum Gasteiger partial charge on any atom is -0.342 e. The molecule has 1 aromatic carbocycles. The lowest BCUT2D eigenvalue weighted by Gasteiger charge is -2.18. The Morgan fingerprint density at radius 1 is 1.12 bits per heavy atom. The van der Waals surface area contributed by atoms with Gasteiger partial charge in [0.2, 0.25) is 5.91 Å². The van der Waals surface area contributed by atoms with E-state index in [0.29, 0.717) is 0 Å². The molecule has 0 spiro atoms. The second-order valence-electron chi connectivity index (χ2n) is 5.41. The van der Waals surface area contributed by atoms with Gasteiger partial charge in [0.1, 0.15) is 0 Å². The third-order valence-electron chi connectivity index (χ3n) is 3.61. The van der Waals surface area contributed by atoms with Gasteiger partial charge in [0, 0.05) is 37.3 Å². The molecule has 2 heterocycles. The second kappa shape index (κ2) is 7.37. The number of hydrogen-bond donors (Lipinski definition) is 1. The molecule has 1 amide bonds. The average molecular weight is 318 g/mol. The zero-order valence-electron chi connectivity index (χ0n) is 13.3. The lowest BCUT2D eigenvalue weighted by atomic mass is 9.99. The summed E-state index contributed by atoms with van der Waals surface area (Å²) in [5.74, 6) is -0.162. The quantitative estimate of drug-likeness (QED) is 0.736. The predicted molar refractivity (Wildman–Crippen MR) is 92.9 cm³/mol. The van der Waals surface area contributed by atoms with Crippen molar-refractivity contribution in [2.75, 3.05) is 0 Å². The van der Waals surface area contributed by atoms with E-state index in [4.69, 9.17) is 0 Å². The molecule has 3 rings (SSSR count). The molecule has 5 nitrogen and oxygen atoms in total. The number of nitrogens with one attached hydrogen (secondary N) is 1. The first kappa shape index (κ1) is 15.7. The molecule has 0 radical (unpaired) electrons. The van der Waals surface area contributed by atoms with Crippen LogP contribution in [0.2, 0.25) is 0 Å². The number of pyridine rings is 1. The third-order valence-corrected chi connectivity index (χ3v) is 3.61. The molecule has 0 aliphatic carbocycles. The minimum atomic E-state index is -0.222. The number of hydrogen-bond acceptors (Lipinski definition) is 3. The Labute approximate surface area is 140 Å². The molecule has 0 aliphatic rings. The summed E-state index contributed by atoms with van der Waals surface area (Å²) in [6.45, 7) is 0. The summed E-state index contributed by atoms with van der Waals surface area (Å²) in [5.41, 5.74) is 2.89. The number of carbonyl (C=O) groups excluding carboxylic acids is 1. The summed E-state index contributed by atoms with van der Waals surface area (Å²) in [6, 6.07) is 13.5. The molecule has 0 unspecified atom stereocenters. The van der Waals surface area contributed by atoms with E-state index in [1.807, 2.05) is 55.7 Å². The normalized spacial score (nSPS) is 12.2. The fraction of sp³-hybridized carbons (Fsp3) is 0.105. The Hall–Kier alpha value is -3.21. The molecule has 0 fully saturated rings. The van der Waals surface area contributed by atoms with Crippen LogP contribution in [-0.4, -0.2) is 20.7 Å². The largest absolute Gasteiger partial charge is 0.342 e. The number of rotatable bonds is 5. The van der Waals surface area contributed by atoms with Gasteiger partial charge in [-0.3, -0.25) is 14.5 Å². The van der Waals surface area contributed by atoms with Crippen LogP contribution in [0.4, 0.5) is 0 Å². The summed E-state index contributed by atoms with van der Waals surface area (Å²) in [5, 5.41) is 7.12. The van der Waals surface area contributed by atoms with E-state index in [1.54, 1.807) is 29.3 Å². The van der Waals surface area contributed by atoms with Gasteiger partial charge in [0.15, 0.2) is 0 Å². The summed E-state index contributed by atoms with van der Waals surface area (Å²) < 4.78 is 1.70. The van der Waals surface area contributed by atoms with Gasteiger partial charge in [-0.15, -0.1) is 0 Å². The number of aromatic nitrogens is 3. The summed E-state index contributed by atoms with van der Waals surface area (Å²) in [7, 11) is 1.84. The van der Waals surface area contributed by atoms with Gasteiger partial charge in [-0.25, -0.2) is 0 Å². The number of aryl methyl sites for hydroxylation is 1. The second-order valence-corrected chi connectivity index (χ2v) is 5.41. The maximum Gasteiger partial charge on any atom is 0.244 e. The van der Waals surface area contributed by atoms with Crippen LogP contribution in [0.25, 0.3) is 6.08 Å². The van der Waals surface area contributed by atoms with E-state index in [0.717, 1.165) is 16.7 Å². The Balaban J connectivity index is 1.79. The van der Waals surface area contributed by atoms with E-state index in [-0.39, 0.29) is 11.9 Å². The van der Waals surface area contributed by atoms with E-state index in [2.05, 4.69) is 15.4 Å². The van der Waals surface area contributed by atoms with Crippen LogP contribution in [0.3, 0.4) is 0 Å². The molecule has 5 heteroatoms. The van der Waals surface area contributed by atoms with Crippen molar-refractivity contribution < 1.29 is 4.79 Å². The maximum atomic E-state index is 12.3. The standard InChI is InChI=1S/C19H18N4O/c1-23-14-15(13-21-23)7-8-18(24)22-19(16-5-3-2-4-6-16)17-9-11-20-12-10-17/h2-14,19H,1H3,(H,22,24)/b8-7+/t19-/m0/s1. The first-order chi connectivity index (χ1) is 11.7. The van der Waals surface area contributed by atoms with Crippen molar-refractivity contribution in [1.82, 2.24) is 20.1 Å². The maximum absolute atomic E-state index is 12.3. The Bertz CT molecular complexity index is 785. The number of benzene rings is 1. The van der Waals surface area contributed by atoms with Crippen LogP contribution >= 0.6 is 0 Å². The van der Waals surface area contributed by atoms with Gasteiger partial charge in [0.05, 0.1) is 12.2 Å². The van der Waals surface area contributed by atoms with Crippen molar-refractivity contribution >= 4 is 12.0 Å². The molecule has 0 aliphatic heterocycles. The van der Waals surface area contributed by atoms with Gasteiger partial charge < -0.3 is 5.32 Å². The van der Waals surface area contributed by atoms with Crippen LogP contribution in [0, 0.1) is 0 Å². The van der Waals surface area contributed by atoms with Gasteiger partial charge in [-0.05, 0) is 29.3 Å². The van der Waals surface area contributed by atoms with Crippen LogP contribution in [-0.2, 0) is 11.8 Å². The Morgan fingerprint density at radius 2 is 1.83 bits per heavy atom. The van der Waals surface area contributed by atoms with E-state index < -0.39 is 0 Å². The molecular weight excluding hydrogens is 300 g/mol. The van der Waals surface area contributed by atoms with Crippen molar-refractivity contribution in [2.24, 2.45) is 7.05 Å². The van der Waals surface area contributed by atoms with E-state index >= 15 is 0 Å². The van der Waals surface area contributed by atoms with E-state index in [1.165, 1.54) is 6.08 Å². The number of amides is 1. The van der Waals surface area contributed by atoms with Crippen molar-refractivity contribution in [2.45, 2.75) is 6.04 Å². The van der Waals surface area contributed by atoms with Crippen LogP contribution in [0.15, 0.2) is 73.3 Å². The molecule has 120 valence electrons. The lowest BCUT2D eigenvalue weighted by molar-refractivity contribution is -0.116. The molecular formula is C19H18N4O. The highest BCUT2D eigenvalue weighted by atomic mass is 16.1. The molecule has 2 aromatic heterocycles. The molecule has 1 N–H and O–H groups in total. The SMILES string of the molecule is Cn1cc(/C=C/C(=O)N[C@@H](c2ccccc2)c2ccncc2)cn1. The first-order valence-corrected chi connectivity index (χ1v) is 7.64. The highest BCUT2D eigenvalue weighted by Crippen LogP contribution is 2.21. The predicted octanol–water partition coefficient (Wildman–Crippen LogP) is 2.73. The number of carbonyl (C=O) groups is 1. The van der Waals surface area contributed by atoms with Crippen LogP contribution < -0.4 is 5.32 Å². The van der Waals surface area contributed by atoms with Crippen molar-refractivity contribution in [1.29, 1.82) is 0 Å². The summed E-state index contributed by atoms with van der Waals surface area (Å²) >= 11 is 0. The van der Waals surface area contributed by atoms with Gasteiger partial charge in [-0.1, -0.05) is 30.3 Å². The highest BCUT2D eigenvalue weighted by molar-refractivity contribution is 5.92. The minimum absolute atomic E-state index is 0.162. The average Bonchev–Trinajstić information content (AvgIpc) is 3.05. The third kappa shape index (κ3) is 3.95. The van der Waals surface area contributed by atoms with Gasteiger partial charge in [-0.2, -0.15) is 5.10 Å². The summed E-state index contributed by atoms with van der Waals surface area (Å²) in [6.07, 6.45) is 10.3.